The first kappa shape index (κ1) is 17.2. The molecule has 2 aromatic rings. The van der Waals surface area contributed by atoms with Crippen molar-refractivity contribution in [3.8, 4) is 0 Å². The number of hydrogen-bond donors (Lipinski definition) is 1. The molecule has 0 atom stereocenters. The summed E-state index contributed by atoms with van der Waals surface area (Å²) in [5.74, 6) is 0.302. The van der Waals surface area contributed by atoms with Crippen LogP contribution in [-0.4, -0.2) is 40.6 Å². The van der Waals surface area contributed by atoms with E-state index in [0.29, 0.717) is 12.1 Å². The van der Waals surface area contributed by atoms with Gasteiger partial charge >= 0.3 is 0 Å². The van der Waals surface area contributed by atoms with Crippen LogP contribution in [-0.2, 0) is 9.59 Å². The maximum absolute atomic E-state index is 12.1. The Hall–Kier alpha value is -1.58. The van der Waals surface area contributed by atoms with Crippen molar-refractivity contribution in [2.45, 2.75) is 21.5 Å². The van der Waals surface area contributed by atoms with Crippen LogP contribution in [0.5, 0.6) is 0 Å². The number of carbonyl (C=O) groups is 2. The normalized spacial score (nSPS) is 14.2. The third-order valence-electron chi connectivity index (χ3n) is 3.40. The Morgan fingerprint density at radius 1 is 1.38 bits per heavy atom. The molecule has 1 aromatic heterocycles. The van der Waals surface area contributed by atoms with Crippen LogP contribution in [0.1, 0.15) is 12.8 Å². The van der Waals surface area contributed by atoms with Crippen molar-refractivity contribution in [2.75, 3.05) is 28.8 Å². The molecule has 1 aliphatic heterocycles. The SMILES string of the molecule is CSc1nnc(SCC(=O)Nc2cccc(N3CCCC3=O)c2)s1. The lowest BCUT2D eigenvalue weighted by Crippen LogP contribution is -2.23. The van der Waals surface area contributed by atoms with Gasteiger partial charge in [0.2, 0.25) is 11.8 Å². The molecular weight excluding hydrogens is 364 g/mol. The number of nitrogens with one attached hydrogen (secondary N) is 1. The van der Waals surface area contributed by atoms with E-state index < -0.39 is 0 Å². The van der Waals surface area contributed by atoms with E-state index in [1.54, 1.807) is 4.90 Å². The average Bonchev–Trinajstić information content (AvgIpc) is 3.22. The predicted octanol–water partition coefficient (Wildman–Crippen LogP) is 3.12. The Morgan fingerprint density at radius 3 is 2.92 bits per heavy atom. The third kappa shape index (κ3) is 4.28. The molecule has 6 nitrogen and oxygen atoms in total. The van der Waals surface area contributed by atoms with Crippen molar-refractivity contribution in [1.82, 2.24) is 10.2 Å². The highest BCUT2D eigenvalue weighted by atomic mass is 32.2. The zero-order valence-electron chi connectivity index (χ0n) is 13.0. The first-order valence-electron chi connectivity index (χ1n) is 7.36. The maximum Gasteiger partial charge on any atom is 0.234 e. The van der Waals surface area contributed by atoms with Gasteiger partial charge in [-0.05, 0) is 30.9 Å². The molecular formula is C15H16N4O2S3. The van der Waals surface area contributed by atoms with E-state index in [1.165, 1.54) is 34.9 Å². The molecule has 24 heavy (non-hydrogen) atoms. The lowest BCUT2D eigenvalue weighted by Gasteiger charge is -2.16. The number of amides is 2. The van der Waals surface area contributed by atoms with Crippen molar-refractivity contribution in [2.24, 2.45) is 0 Å². The van der Waals surface area contributed by atoms with Gasteiger partial charge in [0.1, 0.15) is 0 Å². The van der Waals surface area contributed by atoms with Crippen LogP contribution in [0.25, 0.3) is 0 Å². The molecule has 9 heteroatoms. The van der Waals surface area contributed by atoms with Gasteiger partial charge in [-0.15, -0.1) is 10.2 Å². The molecule has 3 rings (SSSR count). The molecule has 1 aliphatic rings. The van der Waals surface area contributed by atoms with Gasteiger partial charge in [0.15, 0.2) is 8.68 Å². The minimum Gasteiger partial charge on any atom is -0.325 e. The summed E-state index contributed by atoms with van der Waals surface area (Å²) in [5, 5.41) is 10.9. The molecule has 0 aliphatic carbocycles. The van der Waals surface area contributed by atoms with E-state index in [0.717, 1.165) is 27.3 Å². The first-order chi connectivity index (χ1) is 11.7. The molecule has 126 valence electrons. The second-order valence-corrected chi connectivity index (χ2v) is 8.33. The van der Waals surface area contributed by atoms with Gasteiger partial charge in [0, 0.05) is 24.3 Å². The Bertz CT molecular complexity index is 750. The first-order valence-corrected chi connectivity index (χ1v) is 10.4. The Morgan fingerprint density at radius 2 is 2.21 bits per heavy atom. The molecule has 2 amide bonds. The van der Waals surface area contributed by atoms with Gasteiger partial charge in [-0.25, -0.2) is 0 Å². The van der Waals surface area contributed by atoms with E-state index in [1.807, 2.05) is 30.5 Å². The summed E-state index contributed by atoms with van der Waals surface area (Å²) in [6.45, 7) is 0.737. The summed E-state index contributed by atoms with van der Waals surface area (Å²) in [6.07, 6.45) is 3.42. The number of anilines is 2. The predicted molar refractivity (Wildman–Crippen MR) is 99.1 cm³/mol. The number of aromatic nitrogens is 2. The zero-order chi connectivity index (χ0) is 16.9. The van der Waals surface area contributed by atoms with E-state index in [4.69, 9.17) is 0 Å². The van der Waals surface area contributed by atoms with Crippen LogP contribution in [0.3, 0.4) is 0 Å². The summed E-state index contributed by atoms with van der Waals surface area (Å²) in [6, 6.07) is 7.39. The fourth-order valence-corrected chi connectivity index (χ4v) is 4.57. The van der Waals surface area contributed by atoms with Crippen molar-refractivity contribution in [1.29, 1.82) is 0 Å². The van der Waals surface area contributed by atoms with Crippen LogP contribution in [0.4, 0.5) is 11.4 Å². The number of carbonyl (C=O) groups excluding carboxylic acids is 2. The molecule has 1 saturated heterocycles. The summed E-state index contributed by atoms with van der Waals surface area (Å²) in [4.78, 5) is 25.7. The number of thioether (sulfide) groups is 2. The standard InChI is InChI=1S/C15H16N4O2S3/c1-22-14-17-18-15(24-14)23-9-12(20)16-10-4-2-5-11(8-10)19-7-3-6-13(19)21/h2,4-5,8H,3,6-7,9H2,1H3,(H,16,20). The lowest BCUT2D eigenvalue weighted by atomic mass is 10.2. The number of benzene rings is 1. The smallest absolute Gasteiger partial charge is 0.234 e. The zero-order valence-corrected chi connectivity index (χ0v) is 15.5. The second kappa shape index (κ2) is 8.00. The van der Waals surface area contributed by atoms with E-state index in [9.17, 15) is 9.59 Å². The quantitative estimate of drug-likeness (QED) is 0.776. The van der Waals surface area contributed by atoms with E-state index in [2.05, 4.69) is 15.5 Å². The number of nitrogens with zero attached hydrogens (tertiary/aromatic N) is 3. The third-order valence-corrected chi connectivity index (χ3v) is 6.44. The molecule has 1 N–H and O–H groups in total. The molecule has 1 fully saturated rings. The van der Waals surface area contributed by atoms with Crippen LogP contribution >= 0.6 is 34.9 Å². The number of rotatable bonds is 6. The molecule has 0 saturated carbocycles. The van der Waals surface area contributed by atoms with Gasteiger partial charge in [-0.2, -0.15) is 0 Å². The molecule has 0 radical (unpaired) electrons. The Kier molecular flexibility index (Phi) is 5.75. The van der Waals surface area contributed by atoms with Gasteiger partial charge in [-0.1, -0.05) is 40.9 Å². The summed E-state index contributed by atoms with van der Waals surface area (Å²) in [7, 11) is 0. The fourth-order valence-electron chi connectivity index (χ4n) is 2.34. The van der Waals surface area contributed by atoms with Gasteiger partial charge in [0.05, 0.1) is 5.75 Å². The van der Waals surface area contributed by atoms with E-state index in [-0.39, 0.29) is 17.6 Å². The maximum atomic E-state index is 12.1. The van der Waals surface area contributed by atoms with Crippen molar-refractivity contribution < 1.29 is 9.59 Å². The molecule has 1 aromatic carbocycles. The van der Waals surface area contributed by atoms with Gasteiger partial charge in [-0.3, -0.25) is 9.59 Å². The highest BCUT2D eigenvalue weighted by Gasteiger charge is 2.21. The van der Waals surface area contributed by atoms with Crippen molar-refractivity contribution in [3.05, 3.63) is 24.3 Å². The largest absolute Gasteiger partial charge is 0.325 e. The minimum absolute atomic E-state index is 0.106. The van der Waals surface area contributed by atoms with E-state index >= 15 is 0 Å². The summed E-state index contributed by atoms with van der Waals surface area (Å²) < 4.78 is 1.67. The monoisotopic (exact) mass is 380 g/mol. The molecule has 0 bridgehead atoms. The molecule has 0 spiro atoms. The van der Waals surface area contributed by atoms with Crippen LogP contribution < -0.4 is 10.2 Å². The second-order valence-electron chi connectivity index (χ2n) is 5.07. The Labute approximate surface area is 152 Å². The highest BCUT2D eigenvalue weighted by molar-refractivity contribution is 8.03. The molecule has 0 unspecified atom stereocenters. The fraction of sp³-hybridized carbons (Fsp3) is 0.333. The van der Waals surface area contributed by atoms with Crippen molar-refractivity contribution in [3.63, 3.8) is 0 Å². The lowest BCUT2D eigenvalue weighted by molar-refractivity contribution is -0.117. The van der Waals surface area contributed by atoms with Crippen LogP contribution in [0.15, 0.2) is 32.9 Å². The Balaban J connectivity index is 1.57. The summed E-state index contributed by atoms with van der Waals surface area (Å²) in [5.41, 5.74) is 1.52. The summed E-state index contributed by atoms with van der Waals surface area (Å²) >= 11 is 4.39. The topological polar surface area (TPSA) is 75.2 Å². The van der Waals surface area contributed by atoms with Crippen molar-refractivity contribution >= 4 is 58.0 Å². The van der Waals surface area contributed by atoms with Crippen LogP contribution in [0, 0.1) is 0 Å². The molecule has 2 heterocycles. The number of hydrogen-bond acceptors (Lipinski definition) is 7. The van der Waals surface area contributed by atoms with Gasteiger partial charge < -0.3 is 10.2 Å². The van der Waals surface area contributed by atoms with Gasteiger partial charge in [0.25, 0.3) is 0 Å². The van der Waals surface area contributed by atoms with Crippen LogP contribution in [0.2, 0.25) is 0 Å². The minimum atomic E-state index is -0.106. The average molecular weight is 381 g/mol. The highest BCUT2D eigenvalue weighted by Crippen LogP contribution is 2.28.